The molecule has 4 heterocycles. The number of ketones is 1. The molecule has 17 heteroatoms. The number of benzene rings is 1. The van der Waals surface area contributed by atoms with Crippen molar-refractivity contribution >= 4 is 23.2 Å². The van der Waals surface area contributed by atoms with E-state index in [4.69, 9.17) is 20.9 Å². The maximum absolute atomic E-state index is 14.0. The van der Waals surface area contributed by atoms with Gasteiger partial charge in [-0.15, -0.1) is 5.10 Å². The van der Waals surface area contributed by atoms with Crippen molar-refractivity contribution in [2.75, 3.05) is 31.2 Å². The number of aromatic nitrogens is 5. The maximum Gasteiger partial charge on any atom is 0.416 e. The zero-order chi connectivity index (χ0) is 30.2. The van der Waals surface area contributed by atoms with E-state index in [1.807, 2.05) is 0 Å². The Bertz CT molecular complexity index is 1580. The third-order valence-electron chi connectivity index (χ3n) is 6.38. The van der Waals surface area contributed by atoms with Gasteiger partial charge in [-0.25, -0.2) is 4.68 Å². The van der Waals surface area contributed by atoms with Crippen LogP contribution in [-0.4, -0.2) is 62.3 Å². The molecule has 4 aromatic rings. The minimum Gasteiger partial charge on any atom is -0.388 e. The van der Waals surface area contributed by atoms with E-state index < -0.39 is 42.4 Å². The van der Waals surface area contributed by atoms with Crippen LogP contribution in [0, 0.1) is 0 Å². The van der Waals surface area contributed by atoms with Crippen LogP contribution in [0.1, 0.15) is 38.5 Å². The largest absolute Gasteiger partial charge is 0.416 e. The fraction of sp³-hybridized carbons (Fsp3) is 0.320. The molecular weight excluding hydrogens is 598 g/mol. The molecule has 5 rings (SSSR count). The predicted octanol–water partition coefficient (Wildman–Crippen LogP) is 4.63. The number of morpholine rings is 1. The Kier molecular flexibility index (Phi) is 7.96. The Morgan fingerprint density at radius 2 is 1.71 bits per heavy atom. The summed E-state index contributed by atoms with van der Waals surface area (Å²) in [7, 11) is 0. The van der Waals surface area contributed by atoms with Gasteiger partial charge in [0.15, 0.2) is 17.3 Å². The Hall–Kier alpha value is -4.02. The van der Waals surface area contributed by atoms with Crippen LogP contribution in [0.25, 0.3) is 11.3 Å². The molecule has 1 saturated heterocycles. The summed E-state index contributed by atoms with van der Waals surface area (Å²) in [5, 5.41) is 21.7. The average molecular weight is 617 g/mol. The van der Waals surface area contributed by atoms with Crippen molar-refractivity contribution in [3.8, 4) is 11.3 Å². The van der Waals surface area contributed by atoms with E-state index in [1.165, 1.54) is 18.5 Å². The van der Waals surface area contributed by atoms with Gasteiger partial charge in [0, 0.05) is 31.0 Å². The van der Waals surface area contributed by atoms with Gasteiger partial charge in [0.1, 0.15) is 12.3 Å². The lowest BCUT2D eigenvalue weighted by atomic mass is 10.0. The van der Waals surface area contributed by atoms with Gasteiger partial charge >= 0.3 is 12.4 Å². The van der Waals surface area contributed by atoms with Crippen molar-refractivity contribution in [1.82, 2.24) is 25.1 Å². The second-order valence-electron chi connectivity index (χ2n) is 9.10. The highest BCUT2D eigenvalue weighted by atomic mass is 35.5. The summed E-state index contributed by atoms with van der Waals surface area (Å²) >= 11 is 6.24. The zero-order valence-electron chi connectivity index (χ0n) is 21.2. The summed E-state index contributed by atoms with van der Waals surface area (Å²) in [6.07, 6.45) is -7.40. The van der Waals surface area contributed by atoms with Crippen LogP contribution in [0.2, 0.25) is 5.02 Å². The molecule has 0 saturated carbocycles. The van der Waals surface area contributed by atoms with E-state index in [9.17, 15) is 36.2 Å². The van der Waals surface area contributed by atoms with E-state index in [2.05, 4.69) is 20.5 Å². The van der Waals surface area contributed by atoms with Crippen LogP contribution in [0.15, 0.2) is 41.2 Å². The van der Waals surface area contributed by atoms with Gasteiger partial charge in [-0.2, -0.15) is 26.3 Å². The highest BCUT2D eigenvalue weighted by Crippen LogP contribution is 2.37. The molecule has 42 heavy (non-hydrogen) atoms. The van der Waals surface area contributed by atoms with Crippen LogP contribution in [0.3, 0.4) is 0 Å². The van der Waals surface area contributed by atoms with Gasteiger partial charge in [0.05, 0.1) is 41.5 Å². The highest BCUT2D eigenvalue weighted by Gasteiger charge is 2.38. The molecular formula is C25H19ClF6N6O4. The van der Waals surface area contributed by atoms with Crippen molar-refractivity contribution in [2.45, 2.75) is 25.5 Å². The second kappa shape index (κ2) is 11.3. The van der Waals surface area contributed by atoms with Crippen molar-refractivity contribution in [2.24, 2.45) is 0 Å². The van der Waals surface area contributed by atoms with Gasteiger partial charge in [-0.05, 0) is 29.8 Å². The SMILES string of the molecule is O=C(c1nnn(Cc2cc(C(F)(F)F)cc(C(F)(F)F)c2)c1N1CCOCC1)c1c(-c2ccncc2Cl)noc1CO. The van der Waals surface area contributed by atoms with Crippen LogP contribution in [0.4, 0.5) is 32.2 Å². The normalized spacial score (nSPS) is 14.4. The highest BCUT2D eigenvalue weighted by molar-refractivity contribution is 6.33. The average Bonchev–Trinajstić information content (AvgIpc) is 3.57. The number of aliphatic hydroxyl groups is 1. The number of anilines is 1. The molecule has 0 aliphatic carbocycles. The van der Waals surface area contributed by atoms with Crippen LogP contribution in [-0.2, 0) is 30.2 Å². The molecule has 1 aliphatic rings. The van der Waals surface area contributed by atoms with Gasteiger partial charge < -0.3 is 19.3 Å². The van der Waals surface area contributed by atoms with E-state index in [-0.39, 0.29) is 77.0 Å². The maximum atomic E-state index is 14.0. The first-order valence-electron chi connectivity index (χ1n) is 12.2. The number of pyridine rings is 1. The van der Waals surface area contributed by atoms with Crippen molar-refractivity contribution in [1.29, 1.82) is 0 Å². The lowest BCUT2D eigenvalue weighted by Gasteiger charge is -2.29. The third-order valence-corrected chi connectivity index (χ3v) is 6.68. The second-order valence-corrected chi connectivity index (χ2v) is 9.51. The molecule has 0 radical (unpaired) electrons. The van der Waals surface area contributed by atoms with Crippen molar-refractivity contribution in [3.05, 3.63) is 75.4 Å². The number of alkyl halides is 6. The molecule has 0 amide bonds. The Labute approximate surface area is 237 Å². The minimum atomic E-state index is -5.05. The lowest BCUT2D eigenvalue weighted by molar-refractivity contribution is -0.143. The van der Waals surface area contributed by atoms with Crippen molar-refractivity contribution < 1.29 is 45.5 Å². The molecule has 0 bridgehead atoms. The predicted molar refractivity (Wildman–Crippen MR) is 133 cm³/mol. The molecule has 1 aromatic carbocycles. The smallest absolute Gasteiger partial charge is 0.388 e. The number of halogens is 7. The third kappa shape index (κ3) is 5.82. The number of hydrogen-bond acceptors (Lipinski definition) is 9. The summed E-state index contributed by atoms with van der Waals surface area (Å²) in [4.78, 5) is 19.5. The first kappa shape index (κ1) is 29.5. The quantitative estimate of drug-likeness (QED) is 0.234. The number of carbonyl (C=O) groups excluding carboxylic acids is 1. The Morgan fingerprint density at radius 3 is 2.31 bits per heavy atom. The van der Waals surface area contributed by atoms with E-state index in [0.29, 0.717) is 12.1 Å². The first-order valence-corrected chi connectivity index (χ1v) is 12.5. The number of aliphatic hydroxyl groups excluding tert-OH is 1. The molecule has 0 unspecified atom stereocenters. The van der Waals surface area contributed by atoms with E-state index in [0.717, 1.165) is 4.68 Å². The molecule has 3 aromatic heterocycles. The number of ether oxygens (including phenoxy) is 1. The Morgan fingerprint density at radius 1 is 1.05 bits per heavy atom. The summed E-state index contributed by atoms with van der Waals surface area (Å²) < 4.78 is 92.4. The molecule has 10 nitrogen and oxygen atoms in total. The van der Waals surface area contributed by atoms with E-state index in [1.54, 1.807) is 4.90 Å². The molecule has 222 valence electrons. The van der Waals surface area contributed by atoms with Gasteiger partial charge in [0.2, 0.25) is 5.78 Å². The number of hydrogen-bond donors (Lipinski definition) is 1. The lowest BCUT2D eigenvalue weighted by Crippen LogP contribution is -2.38. The van der Waals surface area contributed by atoms with E-state index >= 15 is 0 Å². The van der Waals surface area contributed by atoms with Crippen LogP contribution < -0.4 is 4.90 Å². The molecule has 0 spiro atoms. The molecule has 0 atom stereocenters. The molecule has 1 N–H and O–H groups in total. The summed E-state index contributed by atoms with van der Waals surface area (Å²) in [6, 6.07) is 2.64. The number of carbonyl (C=O) groups is 1. The number of rotatable bonds is 7. The first-order chi connectivity index (χ1) is 19.9. The van der Waals surface area contributed by atoms with Gasteiger partial charge in [-0.3, -0.25) is 9.78 Å². The summed E-state index contributed by atoms with van der Waals surface area (Å²) in [5.74, 6) is -1.03. The van der Waals surface area contributed by atoms with Gasteiger partial charge in [-0.1, -0.05) is 22.0 Å². The Balaban J connectivity index is 1.63. The molecule has 1 aliphatic heterocycles. The topological polar surface area (TPSA) is 119 Å². The van der Waals surface area contributed by atoms with Crippen LogP contribution in [0.5, 0.6) is 0 Å². The van der Waals surface area contributed by atoms with Crippen molar-refractivity contribution in [3.63, 3.8) is 0 Å². The minimum absolute atomic E-state index is 0.0196. The standard InChI is InChI=1S/C25H19ClF6N6O4/c26-17-10-33-2-1-16(17)20-19(18(12-39)42-35-20)22(40)21-23(37-3-5-41-6-4-37)38(36-34-21)11-13-7-14(24(27,28)29)9-15(8-13)25(30,31)32/h1-2,7-10,39H,3-6,11-12H2. The summed E-state index contributed by atoms with van der Waals surface area (Å²) in [5.41, 5.74) is -3.65. The molecule has 1 fully saturated rings. The fourth-order valence-electron chi connectivity index (χ4n) is 4.47. The zero-order valence-corrected chi connectivity index (χ0v) is 22.0. The number of nitrogens with zero attached hydrogens (tertiary/aromatic N) is 6. The van der Waals surface area contributed by atoms with Gasteiger partial charge in [0.25, 0.3) is 0 Å². The fourth-order valence-corrected chi connectivity index (χ4v) is 4.68. The van der Waals surface area contributed by atoms with Crippen LogP contribution >= 0.6 is 11.6 Å². The summed E-state index contributed by atoms with van der Waals surface area (Å²) in [6.45, 7) is -0.462. The monoisotopic (exact) mass is 616 g/mol.